The second-order valence-corrected chi connectivity index (χ2v) is 6.83. The zero-order valence-electron chi connectivity index (χ0n) is 13.0. The van der Waals surface area contributed by atoms with E-state index >= 15 is 0 Å². The fourth-order valence-electron chi connectivity index (χ4n) is 2.34. The summed E-state index contributed by atoms with van der Waals surface area (Å²) in [6, 6.07) is 3.05. The summed E-state index contributed by atoms with van der Waals surface area (Å²) in [7, 11) is 0. The van der Waals surface area contributed by atoms with Gasteiger partial charge in [0.25, 0.3) is 0 Å². The van der Waals surface area contributed by atoms with Gasteiger partial charge in [0, 0.05) is 5.69 Å². The predicted octanol–water partition coefficient (Wildman–Crippen LogP) is 1.13. The van der Waals surface area contributed by atoms with Crippen molar-refractivity contribution in [1.29, 1.82) is 0 Å². The number of hydrogen-bond donors (Lipinski definition) is 5. The Hall–Kier alpha value is -1.89. The first kappa shape index (κ1) is 18.9. The summed E-state index contributed by atoms with van der Waals surface area (Å²) in [6.07, 6.45) is -4.42. The monoisotopic (exact) mass is 404 g/mol. The van der Waals surface area contributed by atoms with Gasteiger partial charge in [-0.05, 0) is 18.2 Å². The van der Waals surface area contributed by atoms with Crippen LogP contribution in [-0.2, 0) is 4.74 Å². The number of aromatic nitrogens is 2. The van der Waals surface area contributed by atoms with Crippen LogP contribution >= 0.6 is 22.9 Å². The number of ether oxygens (including phenoxy) is 1. The van der Waals surface area contributed by atoms with E-state index in [0.29, 0.717) is 0 Å². The quantitative estimate of drug-likeness (QED) is 0.515. The molecule has 140 valence electrons. The summed E-state index contributed by atoms with van der Waals surface area (Å²) >= 11 is 6.57. The third-order valence-electron chi connectivity index (χ3n) is 3.62. The number of carbonyl (C=O) groups is 1. The maximum absolute atomic E-state index is 13.1. The van der Waals surface area contributed by atoms with Crippen molar-refractivity contribution in [1.82, 2.24) is 10.2 Å². The molecular formula is C14H14ClFN4O5S. The highest BCUT2D eigenvalue weighted by Gasteiger charge is 2.44. The summed E-state index contributed by atoms with van der Waals surface area (Å²) in [5.74, 6) is -0.607. The zero-order chi connectivity index (χ0) is 18.8. The van der Waals surface area contributed by atoms with Gasteiger partial charge in [-0.25, -0.2) is 9.18 Å². The van der Waals surface area contributed by atoms with E-state index in [0.717, 1.165) is 17.4 Å². The first-order chi connectivity index (χ1) is 12.4. The van der Waals surface area contributed by atoms with Crippen LogP contribution in [0.2, 0.25) is 5.02 Å². The molecule has 0 spiro atoms. The Morgan fingerprint density at radius 3 is 2.73 bits per heavy atom. The third-order valence-corrected chi connectivity index (χ3v) is 4.81. The lowest BCUT2D eigenvalue weighted by atomic mass is 10.1. The molecule has 0 radical (unpaired) electrons. The van der Waals surface area contributed by atoms with Gasteiger partial charge in [-0.1, -0.05) is 22.9 Å². The Balaban J connectivity index is 1.63. The highest BCUT2D eigenvalue weighted by atomic mass is 35.5. The minimum atomic E-state index is -1.27. The molecule has 5 N–H and O–H groups in total. The van der Waals surface area contributed by atoms with Crippen molar-refractivity contribution in [2.24, 2.45) is 0 Å². The van der Waals surface area contributed by atoms with E-state index in [-0.39, 0.29) is 20.8 Å². The molecule has 9 nitrogen and oxygen atoms in total. The van der Waals surface area contributed by atoms with E-state index in [9.17, 15) is 19.4 Å². The smallest absolute Gasteiger partial charge is 0.325 e. The van der Waals surface area contributed by atoms with Gasteiger partial charge in [0.05, 0.1) is 11.6 Å². The average Bonchev–Trinajstić information content (AvgIpc) is 3.16. The second kappa shape index (κ2) is 7.78. The maximum Gasteiger partial charge on any atom is 0.325 e. The molecule has 1 aliphatic heterocycles. The van der Waals surface area contributed by atoms with E-state index in [4.69, 9.17) is 21.4 Å². The van der Waals surface area contributed by atoms with Crippen LogP contribution in [0.15, 0.2) is 18.2 Å². The van der Waals surface area contributed by atoms with E-state index in [1.54, 1.807) is 0 Å². The van der Waals surface area contributed by atoms with E-state index < -0.39 is 42.9 Å². The molecule has 26 heavy (non-hydrogen) atoms. The van der Waals surface area contributed by atoms with Gasteiger partial charge in [-0.15, -0.1) is 10.2 Å². The third kappa shape index (κ3) is 3.92. The molecule has 0 bridgehead atoms. The number of hydrogen-bond acceptors (Lipinski definition) is 8. The molecule has 1 aromatic carbocycles. The summed E-state index contributed by atoms with van der Waals surface area (Å²) in [5, 5.41) is 41.5. The number of rotatable bonds is 4. The van der Waals surface area contributed by atoms with Crippen LogP contribution in [0.3, 0.4) is 0 Å². The largest absolute Gasteiger partial charge is 0.394 e. The number of urea groups is 1. The lowest BCUT2D eigenvalue weighted by Gasteiger charge is -2.10. The number of nitrogens with one attached hydrogen (secondary N) is 2. The average molecular weight is 405 g/mol. The molecule has 0 aliphatic carbocycles. The molecule has 1 fully saturated rings. The van der Waals surface area contributed by atoms with Crippen molar-refractivity contribution < 1.29 is 29.2 Å². The summed E-state index contributed by atoms with van der Waals surface area (Å²) in [4.78, 5) is 11.9. The Bertz CT molecular complexity index is 809. The lowest BCUT2D eigenvalue weighted by molar-refractivity contribution is -0.0229. The molecule has 4 atom stereocenters. The molecule has 1 aliphatic rings. The number of aliphatic hydroxyl groups excluding tert-OH is 3. The summed E-state index contributed by atoms with van der Waals surface area (Å²) in [5.41, 5.74) is 0.280. The number of halogens is 2. The van der Waals surface area contributed by atoms with Crippen LogP contribution in [0.25, 0.3) is 0 Å². The molecule has 3 rings (SSSR count). The predicted molar refractivity (Wildman–Crippen MR) is 90.7 cm³/mol. The van der Waals surface area contributed by atoms with Crippen molar-refractivity contribution in [3.05, 3.63) is 34.0 Å². The van der Waals surface area contributed by atoms with Crippen molar-refractivity contribution in [3.63, 3.8) is 0 Å². The molecule has 2 heterocycles. The highest BCUT2D eigenvalue weighted by Crippen LogP contribution is 2.35. The van der Waals surface area contributed by atoms with Gasteiger partial charge < -0.3 is 25.4 Å². The van der Waals surface area contributed by atoms with Crippen LogP contribution in [0.4, 0.5) is 20.0 Å². The van der Waals surface area contributed by atoms with Crippen molar-refractivity contribution >= 4 is 39.8 Å². The van der Waals surface area contributed by atoms with Crippen LogP contribution in [0.1, 0.15) is 11.1 Å². The summed E-state index contributed by atoms with van der Waals surface area (Å²) < 4.78 is 18.4. The Kier molecular flexibility index (Phi) is 5.65. The highest BCUT2D eigenvalue weighted by molar-refractivity contribution is 7.15. The summed E-state index contributed by atoms with van der Waals surface area (Å²) in [6.45, 7) is -0.457. The number of benzene rings is 1. The van der Waals surface area contributed by atoms with Crippen LogP contribution in [0, 0.1) is 5.82 Å². The maximum atomic E-state index is 13.1. The van der Waals surface area contributed by atoms with Crippen molar-refractivity contribution in [2.75, 3.05) is 17.2 Å². The molecule has 1 aromatic heterocycles. The number of carbonyl (C=O) groups excluding carboxylic acids is 1. The Morgan fingerprint density at radius 2 is 2.08 bits per heavy atom. The molecule has 12 heteroatoms. The standard InChI is InChI=1S/C14H14ClFN4O5S/c15-6-3-5(1-2-7(6)16)17-13(24)18-14-20-19-12(26-14)11-10(23)9(22)8(4-21)25-11/h1-3,8-11,21-23H,4H2,(H2,17,18,20,24)/t8-,9-,10-,11-/m1/s1. The number of amides is 2. The minimum Gasteiger partial charge on any atom is -0.394 e. The van der Waals surface area contributed by atoms with Gasteiger partial charge in [-0.3, -0.25) is 5.32 Å². The first-order valence-corrected chi connectivity index (χ1v) is 8.57. The molecular weight excluding hydrogens is 391 g/mol. The van der Waals surface area contributed by atoms with Gasteiger partial charge in [-0.2, -0.15) is 0 Å². The lowest BCUT2D eigenvalue weighted by Crippen LogP contribution is -2.32. The molecule has 1 saturated heterocycles. The van der Waals surface area contributed by atoms with Crippen LogP contribution in [-0.4, -0.2) is 56.5 Å². The fraction of sp³-hybridized carbons (Fsp3) is 0.357. The van der Waals surface area contributed by atoms with E-state index in [1.165, 1.54) is 12.1 Å². The fourth-order valence-corrected chi connectivity index (χ4v) is 3.33. The Morgan fingerprint density at radius 1 is 1.31 bits per heavy atom. The van der Waals surface area contributed by atoms with Crippen molar-refractivity contribution in [2.45, 2.75) is 24.4 Å². The minimum absolute atomic E-state index is 0.114. The molecule has 0 unspecified atom stereocenters. The van der Waals surface area contributed by atoms with Crippen LogP contribution in [0.5, 0.6) is 0 Å². The van der Waals surface area contributed by atoms with Gasteiger partial charge >= 0.3 is 6.03 Å². The Labute approximate surface area is 155 Å². The molecule has 2 amide bonds. The van der Waals surface area contributed by atoms with Gasteiger partial charge in [0.15, 0.2) is 5.01 Å². The van der Waals surface area contributed by atoms with Gasteiger partial charge in [0.2, 0.25) is 5.13 Å². The normalized spacial score (nSPS) is 25.3. The van der Waals surface area contributed by atoms with E-state index in [1.807, 2.05) is 0 Å². The number of nitrogens with zero attached hydrogens (tertiary/aromatic N) is 2. The SMILES string of the molecule is O=C(Nc1ccc(F)c(Cl)c1)Nc1nnc([C@@H]2O[C@H](CO)[C@@H](O)[C@H]2O)s1. The first-order valence-electron chi connectivity index (χ1n) is 7.38. The second-order valence-electron chi connectivity index (χ2n) is 5.41. The molecule has 2 aromatic rings. The molecule has 0 saturated carbocycles. The topological polar surface area (TPSA) is 137 Å². The van der Waals surface area contributed by atoms with Crippen LogP contribution < -0.4 is 10.6 Å². The zero-order valence-corrected chi connectivity index (χ0v) is 14.5. The van der Waals surface area contributed by atoms with E-state index in [2.05, 4.69) is 20.8 Å². The van der Waals surface area contributed by atoms with Crippen molar-refractivity contribution in [3.8, 4) is 0 Å². The number of anilines is 2. The number of aliphatic hydroxyl groups is 3. The van der Waals surface area contributed by atoms with Gasteiger partial charge in [0.1, 0.15) is 30.2 Å².